The number of halogens is 2. The molecular weight excluding hydrogens is 569 g/mol. The minimum atomic E-state index is -3.84. The number of sulfonamides is 1. The van der Waals surface area contributed by atoms with Gasteiger partial charge >= 0.3 is 0 Å². The van der Waals surface area contributed by atoms with E-state index >= 15 is 0 Å². The van der Waals surface area contributed by atoms with Crippen molar-refractivity contribution < 1.29 is 18.0 Å². The molecule has 3 aromatic carbocycles. The highest BCUT2D eigenvalue weighted by atomic mass is 35.5. The fourth-order valence-corrected chi connectivity index (χ4v) is 5.52. The SMILES string of the molecule is Cc1ccc(N(CC(=O)N(Cc2c(Cl)cccc2Cl)[C@@H](Cc2ccccc2)C(=O)NCC(C)C)S(C)(=O)=O)cc1. The van der Waals surface area contributed by atoms with Gasteiger partial charge < -0.3 is 10.2 Å². The van der Waals surface area contributed by atoms with Gasteiger partial charge in [0.25, 0.3) is 0 Å². The molecule has 0 heterocycles. The van der Waals surface area contributed by atoms with Crippen LogP contribution in [0.2, 0.25) is 10.0 Å². The first-order chi connectivity index (χ1) is 18.9. The van der Waals surface area contributed by atoms with E-state index in [9.17, 15) is 18.0 Å². The Bertz CT molecular complexity index is 1390. The summed E-state index contributed by atoms with van der Waals surface area (Å²) in [6, 6.07) is 20.2. The molecule has 0 aliphatic carbocycles. The first-order valence-corrected chi connectivity index (χ1v) is 15.6. The summed E-state index contributed by atoms with van der Waals surface area (Å²) in [6.45, 7) is 5.66. The molecule has 0 radical (unpaired) electrons. The van der Waals surface area contributed by atoms with Crippen LogP contribution in [0.25, 0.3) is 0 Å². The van der Waals surface area contributed by atoms with Crippen LogP contribution < -0.4 is 9.62 Å². The van der Waals surface area contributed by atoms with Crippen LogP contribution in [0.5, 0.6) is 0 Å². The van der Waals surface area contributed by atoms with Gasteiger partial charge in [-0.25, -0.2) is 8.42 Å². The van der Waals surface area contributed by atoms with Gasteiger partial charge in [-0.15, -0.1) is 0 Å². The number of hydrogen-bond donors (Lipinski definition) is 1. The Balaban J connectivity index is 2.08. The molecule has 0 aromatic heterocycles. The van der Waals surface area contributed by atoms with E-state index in [0.29, 0.717) is 27.8 Å². The largest absolute Gasteiger partial charge is 0.354 e. The lowest BCUT2D eigenvalue weighted by Gasteiger charge is -2.34. The minimum absolute atomic E-state index is 0.0879. The van der Waals surface area contributed by atoms with Crippen molar-refractivity contribution in [1.29, 1.82) is 0 Å². The van der Waals surface area contributed by atoms with E-state index in [1.54, 1.807) is 42.5 Å². The molecule has 0 aliphatic rings. The fraction of sp³-hybridized carbons (Fsp3) is 0.333. The van der Waals surface area contributed by atoms with Gasteiger partial charge in [-0.2, -0.15) is 0 Å². The van der Waals surface area contributed by atoms with Crippen LogP contribution in [0, 0.1) is 12.8 Å². The third-order valence-corrected chi connectivity index (χ3v) is 8.20. The van der Waals surface area contributed by atoms with Gasteiger partial charge in [-0.05, 0) is 42.7 Å². The average molecular weight is 605 g/mol. The first-order valence-electron chi connectivity index (χ1n) is 12.9. The second kappa shape index (κ2) is 14.0. The van der Waals surface area contributed by atoms with Gasteiger partial charge in [0.2, 0.25) is 21.8 Å². The van der Waals surface area contributed by atoms with E-state index in [0.717, 1.165) is 21.7 Å². The molecule has 1 N–H and O–H groups in total. The normalized spacial score (nSPS) is 12.2. The summed E-state index contributed by atoms with van der Waals surface area (Å²) in [6.07, 6.45) is 1.26. The zero-order chi connectivity index (χ0) is 29.4. The lowest BCUT2D eigenvalue weighted by molar-refractivity contribution is -0.140. The summed E-state index contributed by atoms with van der Waals surface area (Å²) in [5.41, 5.74) is 2.60. The highest BCUT2D eigenvalue weighted by molar-refractivity contribution is 7.92. The van der Waals surface area contributed by atoms with Crippen LogP contribution in [-0.2, 0) is 32.6 Å². The van der Waals surface area contributed by atoms with Gasteiger partial charge in [-0.1, -0.05) is 91.1 Å². The number of hydrogen-bond acceptors (Lipinski definition) is 4. The number of benzene rings is 3. The quantitative estimate of drug-likeness (QED) is 0.297. The first kappa shape index (κ1) is 31.5. The Kier molecular flexibility index (Phi) is 11.0. The molecule has 0 bridgehead atoms. The maximum Gasteiger partial charge on any atom is 0.244 e. The number of carbonyl (C=O) groups excluding carboxylic acids is 2. The predicted octanol–water partition coefficient (Wildman–Crippen LogP) is 5.48. The lowest BCUT2D eigenvalue weighted by atomic mass is 10.0. The summed E-state index contributed by atoms with van der Waals surface area (Å²) in [5.74, 6) is -0.733. The molecule has 0 saturated heterocycles. The van der Waals surface area contributed by atoms with E-state index in [1.807, 2.05) is 51.1 Å². The Hall–Kier alpha value is -3.07. The number of carbonyl (C=O) groups is 2. The second-order valence-electron chi connectivity index (χ2n) is 10.2. The summed E-state index contributed by atoms with van der Waals surface area (Å²) in [5, 5.41) is 3.62. The van der Waals surface area contributed by atoms with Crippen LogP contribution in [0.15, 0.2) is 72.8 Å². The monoisotopic (exact) mass is 603 g/mol. The second-order valence-corrected chi connectivity index (χ2v) is 12.9. The van der Waals surface area contributed by atoms with Crippen LogP contribution in [0.1, 0.15) is 30.5 Å². The molecule has 0 saturated carbocycles. The smallest absolute Gasteiger partial charge is 0.244 e. The lowest BCUT2D eigenvalue weighted by Crippen LogP contribution is -2.53. The number of nitrogens with one attached hydrogen (secondary N) is 1. The molecule has 40 heavy (non-hydrogen) atoms. The third kappa shape index (κ3) is 8.71. The molecular formula is C30H35Cl2N3O4S. The van der Waals surface area contributed by atoms with Crippen molar-refractivity contribution in [2.45, 2.75) is 39.8 Å². The van der Waals surface area contributed by atoms with Gasteiger partial charge in [0, 0.05) is 35.1 Å². The molecule has 0 fully saturated rings. The summed E-state index contributed by atoms with van der Waals surface area (Å²) < 4.78 is 26.7. The Labute approximate surface area is 247 Å². The van der Waals surface area contributed by atoms with Gasteiger partial charge in [-0.3, -0.25) is 13.9 Å². The fourth-order valence-electron chi connectivity index (χ4n) is 4.15. The summed E-state index contributed by atoms with van der Waals surface area (Å²) in [7, 11) is -3.84. The highest BCUT2D eigenvalue weighted by Gasteiger charge is 2.33. The molecule has 214 valence electrons. The molecule has 10 heteroatoms. The van der Waals surface area contributed by atoms with Crippen LogP contribution >= 0.6 is 23.2 Å². The standard InChI is InChI=1S/C30H35Cl2N3O4S/c1-21(2)18-33-30(37)28(17-23-9-6-5-7-10-23)34(19-25-26(31)11-8-12-27(25)32)29(36)20-35(40(4,38)39)24-15-13-22(3)14-16-24/h5-16,21,28H,17-20H2,1-4H3,(H,33,37)/t28-/m0/s1. The Morgan fingerprint density at radius 2 is 1.50 bits per heavy atom. The zero-order valence-electron chi connectivity index (χ0n) is 23.1. The number of nitrogens with zero attached hydrogens (tertiary/aromatic N) is 2. The van der Waals surface area contributed by atoms with Crippen LogP contribution in [0.4, 0.5) is 5.69 Å². The van der Waals surface area contributed by atoms with Gasteiger partial charge in [0.1, 0.15) is 12.6 Å². The number of rotatable bonds is 12. The Morgan fingerprint density at radius 3 is 2.05 bits per heavy atom. The average Bonchev–Trinajstić information content (AvgIpc) is 2.89. The predicted molar refractivity (Wildman–Crippen MR) is 162 cm³/mol. The molecule has 3 rings (SSSR count). The maximum absolute atomic E-state index is 14.1. The van der Waals surface area contributed by atoms with E-state index < -0.39 is 28.5 Å². The van der Waals surface area contributed by atoms with Crippen LogP contribution in [-0.4, -0.2) is 50.5 Å². The molecule has 0 spiro atoms. The third-order valence-electron chi connectivity index (χ3n) is 6.35. The van der Waals surface area contributed by atoms with Gasteiger partial charge in [0.05, 0.1) is 11.9 Å². The van der Waals surface area contributed by atoms with E-state index in [1.165, 1.54) is 4.90 Å². The van der Waals surface area contributed by atoms with E-state index in [-0.39, 0.29) is 24.8 Å². The van der Waals surface area contributed by atoms with Crippen molar-refractivity contribution >= 4 is 50.7 Å². The number of aryl methyl sites for hydroxylation is 1. The molecule has 0 aliphatic heterocycles. The van der Waals surface area contributed by atoms with Crippen molar-refractivity contribution in [3.05, 3.63) is 99.5 Å². The highest BCUT2D eigenvalue weighted by Crippen LogP contribution is 2.28. The molecule has 2 amide bonds. The van der Waals surface area contributed by atoms with E-state index in [2.05, 4.69) is 5.32 Å². The maximum atomic E-state index is 14.1. The zero-order valence-corrected chi connectivity index (χ0v) is 25.4. The van der Waals surface area contributed by atoms with Crippen LogP contribution in [0.3, 0.4) is 0 Å². The van der Waals surface area contributed by atoms with Crippen molar-refractivity contribution in [2.75, 3.05) is 23.7 Å². The van der Waals surface area contributed by atoms with Crippen molar-refractivity contribution in [1.82, 2.24) is 10.2 Å². The molecule has 7 nitrogen and oxygen atoms in total. The summed E-state index contributed by atoms with van der Waals surface area (Å²) in [4.78, 5) is 29.1. The molecule has 3 aromatic rings. The van der Waals surface area contributed by atoms with Crippen molar-refractivity contribution in [3.63, 3.8) is 0 Å². The minimum Gasteiger partial charge on any atom is -0.354 e. The number of amides is 2. The molecule has 0 unspecified atom stereocenters. The Morgan fingerprint density at radius 1 is 0.900 bits per heavy atom. The molecule has 1 atom stereocenters. The topological polar surface area (TPSA) is 86.8 Å². The van der Waals surface area contributed by atoms with Crippen molar-refractivity contribution in [3.8, 4) is 0 Å². The summed E-state index contributed by atoms with van der Waals surface area (Å²) >= 11 is 13.0. The number of anilines is 1. The van der Waals surface area contributed by atoms with E-state index in [4.69, 9.17) is 23.2 Å². The van der Waals surface area contributed by atoms with Crippen molar-refractivity contribution in [2.24, 2.45) is 5.92 Å². The van der Waals surface area contributed by atoms with Gasteiger partial charge in [0.15, 0.2) is 0 Å².